The highest BCUT2D eigenvalue weighted by Gasteiger charge is 2.39. The van der Waals surface area contributed by atoms with Crippen molar-refractivity contribution in [2.75, 3.05) is 18.0 Å². The average Bonchev–Trinajstić information content (AvgIpc) is 3.41. The van der Waals surface area contributed by atoms with Gasteiger partial charge in [-0.25, -0.2) is 9.97 Å². The summed E-state index contributed by atoms with van der Waals surface area (Å²) in [7, 11) is 0. The summed E-state index contributed by atoms with van der Waals surface area (Å²) in [5, 5.41) is 4.96. The van der Waals surface area contributed by atoms with Crippen LogP contribution < -0.4 is 10.2 Å². The normalized spacial score (nSPS) is 24.4. The molecule has 26 heavy (non-hydrogen) atoms. The van der Waals surface area contributed by atoms with Crippen LogP contribution in [0.3, 0.4) is 0 Å². The lowest BCUT2D eigenvalue weighted by Crippen LogP contribution is -2.44. The minimum absolute atomic E-state index is 0.572. The Hall–Kier alpha value is -2.05. The Kier molecular flexibility index (Phi) is 3.31. The quantitative estimate of drug-likeness (QED) is 0.758. The first-order valence-corrected chi connectivity index (χ1v) is 10.4. The summed E-state index contributed by atoms with van der Waals surface area (Å²) in [5.74, 6) is 2.01. The minimum Gasteiger partial charge on any atom is -0.350 e. The smallest absolute Gasteiger partial charge is 0.163 e. The Balaban J connectivity index is 1.59. The maximum absolute atomic E-state index is 5.12. The van der Waals surface area contributed by atoms with Crippen LogP contribution in [0.4, 0.5) is 5.82 Å². The highest BCUT2D eigenvalue weighted by molar-refractivity contribution is 7.19. The van der Waals surface area contributed by atoms with Crippen LogP contribution in [-0.2, 0) is 12.8 Å². The molecular weight excluding hydrogens is 342 g/mol. The van der Waals surface area contributed by atoms with Crippen LogP contribution in [0, 0.1) is 0 Å². The van der Waals surface area contributed by atoms with Crippen molar-refractivity contribution in [2.24, 2.45) is 0 Å². The number of fused-ring (bicyclic) bond motifs is 5. The van der Waals surface area contributed by atoms with Gasteiger partial charge in [0.05, 0.1) is 5.39 Å². The van der Waals surface area contributed by atoms with E-state index >= 15 is 0 Å². The van der Waals surface area contributed by atoms with E-state index in [1.54, 1.807) is 0 Å². The van der Waals surface area contributed by atoms with Crippen LogP contribution in [0.25, 0.3) is 21.6 Å². The van der Waals surface area contributed by atoms with Crippen molar-refractivity contribution in [3.8, 4) is 11.4 Å². The molecule has 0 aromatic carbocycles. The predicted octanol–water partition coefficient (Wildman–Crippen LogP) is 3.18. The Morgan fingerprint density at radius 3 is 2.81 bits per heavy atom. The van der Waals surface area contributed by atoms with Gasteiger partial charge in [-0.1, -0.05) is 0 Å². The van der Waals surface area contributed by atoms with Gasteiger partial charge in [0, 0.05) is 48.0 Å². The van der Waals surface area contributed by atoms with E-state index in [4.69, 9.17) is 9.97 Å². The third kappa shape index (κ3) is 2.21. The predicted molar refractivity (Wildman–Crippen MR) is 105 cm³/mol. The maximum atomic E-state index is 5.12. The van der Waals surface area contributed by atoms with Gasteiger partial charge in [0.1, 0.15) is 10.6 Å². The van der Waals surface area contributed by atoms with Crippen molar-refractivity contribution in [2.45, 2.75) is 44.2 Å². The van der Waals surface area contributed by atoms with Crippen molar-refractivity contribution in [3.05, 3.63) is 35.0 Å². The monoisotopic (exact) mass is 363 g/mol. The molecule has 2 aliphatic heterocycles. The zero-order chi connectivity index (χ0) is 17.1. The third-order valence-corrected chi connectivity index (χ3v) is 7.25. The molecule has 2 atom stereocenters. The van der Waals surface area contributed by atoms with Crippen LogP contribution in [0.15, 0.2) is 24.5 Å². The highest BCUT2D eigenvalue weighted by Crippen LogP contribution is 2.42. The number of thiophene rings is 1. The largest absolute Gasteiger partial charge is 0.350 e. The molecule has 2 saturated heterocycles. The second-order valence-electron chi connectivity index (χ2n) is 7.64. The molecule has 3 aliphatic rings. The lowest BCUT2D eigenvalue weighted by Gasteiger charge is -2.29. The summed E-state index contributed by atoms with van der Waals surface area (Å²) < 4.78 is 0. The van der Waals surface area contributed by atoms with Crippen LogP contribution in [-0.4, -0.2) is 40.1 Å². The number of hydrogen-bond acceptors (Lipinski definition) is 6. The standard InChI is InChI=1S/C20H21N5S/c1-2-4-16-15(3-1)17-19(25-11-13-9-14(25)10-22-13)23-18(24-20(17)26-16)12-5-7-21-8-6-12/h5-8,13-14,22H,1-4,9-11H2/t13-,14-/m0/s1. The summed E-state index contributed by atoms with van der Waals surface area (Å²) in [6.45, 7) is 2.14. The number of aryl methyl sites for hydroxylation is 2. The zero-order valence-electron chi connectivity index (χ0n) is 14.6. The van der Waals surface area contributed by atoms with E-state index in [0.29, 0.717) is 12.1 Å². The van der Waals surface area contributed by atoms with Gasteiger partial charge in [0.2, 0.25) is 0 Å². The zero-order valence-corrected chi connectivity index (χ0v) is 15.4. The number of piperazine rings is 1. The molecule has 2 fully saturated rings. The number of anilines is 1. The Bertz CT molecular complexity index is 983. The molecule has 1 aliphatic carbocycles. The summed E-state index contributed by atoms with van der Waals surface area (Å²) in [4.78, 5) is 19.5. The van der Waals surface area contributed by atoms with Gasteiger partial charge < -0.3 is 10.2 Å². The first kappa shape index (κ1) is 15.1. The van der Waals surface area contributed by atoms with Gasteiger partial charge in [0.25, 0.3) is 0 Å². The van der Waals surface area contributed by atoms with E-state index in [1.165, 1.54) is 58.6 Å². The van der Waals surface area contributed by atoms with Gasteiger partial charge in [-0.15, -0.1) is 11.3 Å². The van der Waals surface area contributed by atoms with Crippen molar-refractivity contribution in [1.29, 1.82) is 0 Å². The molecule has 1 N–H and O–H groups in total. The number of aromatic nitrogens is 3. The number of rotatable bonds is 2. The molecule has 0 radical (unpaired) electrons. The van der Waals surface area contributed by atoms with Crippen LogP contribution in [0.1, 0.15) is 29.7 Å². The van der Waals surface area contributed by atoms with Gasteiger partial charge in [-0.3, -0.25) is 4.98 Å². The third-order valence-electron chi connectivity index (χ3n) is 6.06. The fourth-order valence-corrected chi connectivity index (χ4v) is 6.05. The molecule has 2 bridgehead atoms. The molecule has 0 spiro atoms. The Morgan fingerprint density at radius 1 is 1.12 bits per heavy atom. The fraction of sp³-hybridized carbons (Fsp3) is 0.450. The van der Waals surface area contributed by atoms with Gasteiger partial charge in [-0.2, -0.15) is 0 Å². The molecule has 6 heteroatoms. The van der Waals surface area contributed by atoms with E-state index in [0.717, 1.165) is 24.5 Å². The number of hydrogen-bond donors (Lipinski definition) is 1. The lowest BCUT2D eigenvalue weighted by atomic mass is 9.96. The second-order valence-corrected chi connectivity index (χ2v) is 8.73. The van der Waals surface area contributed by atoms with E-state index in [-0.39, 0.29) is 0 Å². The van der Waals surface area contributed by atoms with Gasteiger partial charge >= 0.3 is 0 Å². The molecule has 0 unspecified atom stereocenters. The molecule has 5 nitrogen and oxygen atoms in total. The molecule has 0 saturated carbocycles. The summed E-state index contributed by atoms with van der Waals surface area (Å²) in [6.07, 6.45) is 9.86. The average molecular weight is 363 g/mol. The van der Waals surface area contributed by atoms with E-state index in [2.05, 4.69) is 15.2 Å². The number of nitrogens with zero attached hydrogens (tertiary/aromatic N) is 4. The van der Waals surface area contributed by atoms with Crippen LogP contribution in [0.2, 0.25) is 0 Å². The SMILES string of the molecule is c1cc(-c2nc(N3C[C@@H]4C[C@H]3CN4)c3c4c(sc3n2)CCCC4)ccn1. The summed E-state index contributed by atoms with van der Waals surface area (Å²) >= 11 is 1.89. The number of pyridine rings is 1. The van der Waals surface area contributed by atoms with Crippen molar-refractivity contribution < 1.29 is 0 Å². The van der Waals surface area contributed by atoms with Crippen LogP contribution >= 0.6 is 11.3 Å². The second kappa shape index (κ2) is 5.72. The Morgan fingerprint density at radius 2 is 2.00 bits per heavy atom. The van der Waals surface area contributed by atoms with E-state index in [9.17, 15) is 0 Å². The number of nitrogens with one attached hydrogen (secondary N) is 1. The maximum Gasteiger partial charge on any atom is 0.163 e. The van der Waals surface area contributed by atoms with Gasteiger partial charge in [-0.05, 0) is 49.8 Å². The highest BCUT2D eigenvalue weighted by atomic mass is 32.1. The van der Waals surface area contributed by atoms with E-state index in [1.807, 2.05) is 35.9 Å². The molecule has 3 aromatic heterocycles. The topological polar surface area (TPSA) is 53.9 Å². The molecule has 132 valence electrons. The van der Waals surface area contributed by atoms with Crippen molar-refractivity contribution >= 4 is 27.4 Å². The molecule has 0 amide bonds. The summed E-state index contributed by atoms with van der Waals surface area (Å²) in [5.41, 5.74) is 2.58. The van der Waals surface area contributed by atoms with Crippen LogP contribution in [0.5, 0.6) is 0 Å². The molecular formula is C20H21N5S. The molecule has 6 rings (SSSR count). The lowest BCUT2D eigenvalue weighted by molar-refractivity contribution is 0.577. The Labute approximate surface area is 156 Å². The first-order chi connectivity index (χ1) is 12.9. The molecule has 3 aromatic rings. The van der Waals surface area contributed by atoms with Gasteiger partial charge in [0.15, 0.2) is 5.82 Å². The van der Waals surface area contributed by atoms with E-state index < -0.39 is 0 Å². The fourth-order valence-electron chi connectivity index (χ4n) is 4.80. The van der Waals surface area contributed by atoms with Crippen molar-refractivity contribution in [3.63, 3.8) is 0 Å². The first-order valence-electron chi connectivity index (χ1n) is 9.59. The minimum atomic E-state index is 0.572. The molecule has 5 heterocycles. The summed E-state index contributed by atoms with van der Waals surface area (Å²) in [6, 6.07) is 5.21. The van der Waals surface area contributed by atoms with Crippen molar-refractivity contribution in [1.82, 2.24) is 20.3 Å².